The number of amides is 1. The lowest BCUT2D eigenvalue weighted by Gasteiger charge is -2.35. The van der Waals surface area contributed by atoms with Gasteiger partial charge in [0, 0.05) is 31.7 Å². The molecule has 1 amide bonds. The highest BCUT2D eigenvalue weighted by Crippen LogP contribution is 2.27. The summed E-state index contributed by atoms with van der Waals surface area (Å²) in [5, 5.41) is 0. The third-order valence-corrected chi connectivity index (χ3v) is 4.63. The van der Waals surface area contributed by atoms with Gasteiger partial charge >= 0.3 is 0 Å². The Balaban J connectivity index is 1.91. The van der Waals surface area contributed by atoms with Gasteiger partial charge in [0.2, 0.25) is 5.91 Å². The Labute approximate surface area is 140 Å². The van der Waals surface area contributed by atoms with Crippen LogP contribution in [-0.4, -0.2) is 36.1 Å². The molecule has 128 valence electrons. The van der Waals surface area contributed by atoms with Crippen LogP contribution in [-0.2, 0) is 16.1 Å². The molecule has 0 spiro atoms. The van der Waals surface area contributed by atoms with E-state index in [-0.39, 0.29) is 24.0 Å². The predicted octanol–water partition coefficient (Wildman–Crippen LogP) is 2.96. The number of nitrogens with two attached hydrogens (primary N) is 1. The number of carbonyl (C=O) groups excluding carboxylic acids is 1. The molecule has 0 aromatic heterocycles. The topological polar surface area (TPSA) is 55.6 Å². The van der Waals surface area contributed by atoms with Crippen LogP contribution in [0, 0.1) is 5.92 Å². The molecule has 2 rings (SSSR count). The van der Waals surface area contributed by atoms with Crippen LogP contribution in [0.1, 0.15) is 45.1 Å². The predicted molar refractivity (Wildman–Crippen MR) is 92.9 cm³/mol. The van der Waals surface area contributed by atoms with E-state index in [9.17, 15) is 4.79 Å². The van der Waals surface area contributed by atoms with Crippen molar-refractivity contribution in [2.45, 2.75) is 58.2 Å². The molecule has 1 fully saturated rings. The molecule has 3 atom stereocenters. The number of hydrogen-bond donors (Lipinski definition) is 1. The lowest BCUT2D eigenvalue weighted by Crippen LogP contribution is -2.47. The van der Waals surface area contributed by atoms with Gasteiger partial charge in [0.1, 0.15) is 0 Å². The quantitative estimate of drug-likeness (QED) is 0.841. The minimum absolute atomic E-state index is 0.0281. The van der Waals surface area contributed by atoms with Crippen molar-refractivity contribution in [1.82, 2.24) is 4.90 Å². The summed E-state index contributed by atoms with van der Waals surface area (Å²) in [7, 11) is 0. The number of rotatable bonds is 7. The van der Waals surface area contributed by atoms with Crippen molar-refractivity contribution in [1.29, 1.82) is 0 Å². The van der Waals surface area contributed by atoms with Crippen LogP contribution in [0.3, 0.4) is 0 Å². The molecule has 0 unspecified atom stereocenters. The van der Waals surface area contributed by atoms with Gasteiger partial charge in [-0.25, -0.2) is 0 Å². The van der Waals surface area contributed by atoms with Crippen LogP contribution >= 0.6 is 0 Å². The third kappa shape index (κ3) is 5.05. The summed E-state index contributed by atoms with van der Waals surface area (Å²) in [5.41, 5.74) is 7.42. The second-order valence-electron chi connectivity index (χ2n) is 6.42. The first-order chi connectivity index (χ1) is 11.2. The van der Waals surface area contributed by atoms with E-state index < -0.39 is 0 Å². The van der Waals surface area contributed by atoms with Crippen LogP contribution in [0.4, 0.5) is 0 Å². The van der Waals surface area contributed by atoms with Crippen LogP contribution in [0.25, 0.3) is 0 Å². The summed E-state index contributed by atoms with van der Waals surface area (Å²) >= 11 is 0. The molecule has 4 heteroatoms. The molecule has 0 saturated heterocycles. The van der Waals surface area contributed by atoms with Crippen molar-refractivity contribution in [3.8, 4) is 0 Å². The van der Waals surface area contributed by atoms with Crippen LogP contribution in [0.2, 0.25) is 0 Å². The van der Waals surface area contributed by atoms with E-state index >= 15 is 0 Å². The molecule has 1 aliphatic rings. The lowest BCUT2D eigenvalue weighted by molar-refractivity contribution is -0.138. The molecule has 0 bridgehead atoms. The standard InChI is InChI=1S/C19H30N2O2/c1-3-12-23-18-11-10-16(13-17(18)20)19(22)21(4-2)14-15-8-6-5-7-9-15/h5-9,16-18H,3-4,10-14,20H2,1-2H3/t16-,17+,18+/m0/s1. The molecular formula is C19H30N2O2. The zero-order valence-electron chi connectivity index (χ0n) is 14.4. The Kier molecular flexibility index (Phi) is 7.06. The minimum atomic E-state index is -0.0281. The molecular weight excluding hydrogens is 288 g/mol. The molecule has 2 N–H and O–H groups in total. The van der Waals surface area contributed by atoms with Crippen molar-refractivity contribution in [3.05, 3.63) is 35.9 Å². The first-order valence-corrected chi connectivity index (χ1v) is 8.85. The third-order valence-electron chi connectivity index (χ3n) is 4.63. The molecule has 1 aliphatic carbocycles. The monoisotopic (exact) mass is 318 g/mol. The van der Waals surface area contributed by atoms with Gasteiger partial charge in [0.05, 0.1) is 6.10 Å². The SMILES string of the molecule is CCCO[C@@H]1CC[C@H](C(=O)N(CC)Cc2ccccc2)C[C@H]1N. The summed E-state index contributed by atoms with van der Waals surface area (Å²) in [6, 6.07) is 10.1. The number of ether oxygens (including phenoxy) is 1. The molecule has 23 heavy (non-hydrogen) atoms. The fraction of sp³-hybridized carbons (Fsp3) is 0.632. The average Bonchev–Trinajstić information content (AvgIpc) is 2.59. The Morgan fingerprint density at radius 1 is 1.26 bits per heavy atom. The van der Waals surface area contributed by atoms with E-state index in [4.69, 9.17) is 10.5 Å². The van der Waals surface area contributed by atoms with E-state index in [2.05, 4.69) is 19.1 Å². The average molecular weight is 318 g/mol. The van der Waals surface area contributed by atoms with E-state index in [1.165, 1.54) is 5.56 Å². The molecule has 1 saturated carbocycles. The maximum Gasteiger partial charge on any atom is 0.226 e. The lowest BCUT2D eigenvalue weighted by atomic mass is 9.83. The fourth-order valence-corrected chi connectivity index (χ4v) is 3.29. The summed E-state index contributed by atoms with van der Waals surface area (Å²) in [6.07, 6.45) is 3.63. The van der Waals surface area contributed by atoms with Crippen molar-refractivity contribution < 1.29 is 9.53 Å². The molecule has 0 radical (unpaired) electrons. The minimum Gasteiger partial charge on any atom is -0.377 e. The second kappa shape index (κ2) is 9.04. The van der Waals surface area contributed by atoms with Crippen molar-refractivity contribution in [2.24, 2.45) is 11.7 Å². The smallest absolute Gasteiger partial charge is 0.226 e. The van der Waals surface area contributed by atoms with E-state index in [0.29, 0.717) is 6.54 Å². The van der Waals surface area contributed by atoms with Gasteiger partial charge in [0.15, 0.2) is 0 Å². The first-order valence-electron chi connectivity index (χ1n) is 8.85. The Bertz CT molecular complexity index is 478. The van der Waals surface area contributed by atoms with Crippen molar-refractivity contribution in [2.75, 3.05) is 13.2 Å². The fourth-order valence-electron chi connectivity index (χ4n) is 3.29. The molecule has 4 nitrogen and oxygen atoms in total. The van der Waals surface area contributed by atoms with Gasteiger partial charge in [-0.05, 0) is 38.2 Å². The molecule has 1 aromatic carbocycles. The second-order valence-corrected chi connectivity index (χ2v) is 6.42. The number of hydrogen-bond acceptors (Lipinski definition) is 3. The van der Waals surface area contributed by atoms with Crippen molar-refractivity contribution in [3.63, 3.8) is 0 Å². The van der Waals surface area contributed by atoms with Gasteiger partial charge in [0.25, 0.3) is 0 Å². The number of nitrogens with zero attached hydrogens (tertiary/aromatic N) is 1. The van der Waals surface area contributed by atoms with Gasteiger partial charge in [-0.15, -0.1) is 0 Å². The largest absolute Gasteiger partial charge is 0.377 e. The summed E-state index contributed by atoms with van der Waals surface area (Å²) < 4.78 is 5.80. The van der Waals surface area contributed by atoms with Gasteiger partial charge in [-0.1, -0.05) is 37.3 Å². The van der Waals surface area contributed by atoms with Gasteiger partial charge < -0.3 is 15.4 Å². The highest BCUT2D eigenvalue weighted by Gasteiger charge is 2.34. The highest BCUT2D eigenvalue weighted by molar-refractivity contribution is 5.79. The highest BCUT2D eigenvalue weighted by atomic mass is 16.5. The van der Waals surface area contributed by atoms with E-state index in [1.807, 2.05) is 30.0 Å². The van der Waals surface area contributed by atoms with Crippen LogP contribution in [0.5, 0.6) is 0 Å². The van der Waals surface area contributed by atoms with E-state index in [0.717, 1.165) is 38.8 Å². The Hall–Kier alpha value is -1.39. The maximum atomic E-state index is 12.8. The van der Waals surface area contributed by atoms with Crippen LogP contribution in [0.15, 0.2) is 30.3 Å². The molecule has 0 heterocycles. The first kappa shape index (κ1) is 18.0. The van der Waals surface area contributed by atoms with Gasteiger partial charge in [-0.2, -0.15) is 0 Å². The normalized spacial score (nSPS) is 24.4. The van der Waals surface area contributed by atoms with Crippen molar-refractivity contribution >= 4 is 5.91 Å². The number of benzene rings is 1. The Morgan fingerprint density at radius 2 is 2.00 bits per heavy atom. The van der Waals surface area contributed by atoms with Gasteiger partial charge in [-0.3, -0.25) is 4.79 Å². The zero-order chi connectivity index (χ0) is 16.7. The molecule has 1 aromatic rings. The maximum absolute atomic E-state index is 12.8. The summed E-state index contributed by atoms with van der Waals surface area (Å²) in [6.45, 7) is 6.30. The zero-order valence-corrected chi connectivity index (χ0v) is 14.4. The number of carbonyl (C=O) groups is 1. The summed E-state index contributed by atoms with van der Waals surface area (Å²) in [5.74, 6) is 0.274. The molecule has 0 aliphatic heterocycles. The summed E-state index contributed by atoms with van der Waals surface area (Å²) in [4.78, 5) is 14.8. The Morgan fingerprint density at radius 3 is 2.61 bits per heavy atom. The van der Waals surface area contributed by atoms with Crippen LogP contribution < -0.4 is 5.73 Å². The van der Waals surface area contributed by atoms with E-state index in [1.54, 1.807) is 0 Å².